The summed E-state index contributed by atoms with van der Waals surface area (Å²) in [5.74, 6) is -0.540. The average Bonchev–Trinajstić information content (AvgIpc) is 2.77. The molecule has 1 rings (SSSR count). The van der Waals surface area contributed by atoms with Gasteiger partial charge in [0.1, 0.15) is 0 Å². The number of methoxy groups -OCH3 is 1. The largest absolute Gasteiger partial charge is 0.469 e. The highest BCUT2D eigenvalue weighted by Gasteiger charge is 2.34. The standard InChI is InChI=1S/C12H22O4S/c1-9(12(13)16-3)10(2)17(14,15)8-11-6-4-5-7-11/h9-11H,4-8H2,1-3H3. The Balaban J connectivity index is 2.65. The monoisotopic (exact) mass is 262 g/mol. The summed E-state index contributed by atoms with van der Waals surface area (Å²) in [5, 5.41) is -0.657. The summed E-state index contributed by atoms with van der Waals surface area (Å²) in [5.41, 5.74) is 0. The zero-order valence-electron chi connectivity index (χ0n) is 10.8. The molecule has 5 heteroatoms. The number of carbonyl (C=O) groups is 1. The lowest BCUT2D eigenvalue weighted by Gasteiger charge is -2.20. The van der Waals surface area contributed by atoms with E-state index in [0.717, 1.165) is 25.7 Å². The van der Waals surface area contributed by atoms with Crippen molar-refractivity contribution in [2.75, 3.05) is 12.9 Å². The Kier molecular flexibility index (Phi) is 4.98. The van der Waals surface area contributed by atoms with E-state index < -0.39 is 27.0 Å². The van der Waals surface area contributed by atoms with Crippen molar-refractivity contribution < 1.29 is 17.9 Å². The molecule has 17 heavy (non-hydrogen) atoms. The molecule has 0 aromatic carbocycles. The Morgan fingerprint density at radius 3 is 2.29 bits per heavy atom. The van der Waals surface area contributed by atoms with E-state index in [0.29, 0.717) is 0 Å². The van der Waals surface area contributed by atoms with E-state index in [9.17, 15) is 13.2 Å². The van der Waals surface area contributed by atoms with Crippen LogP contribution in [-0.4, -0.2) is 32.5 Å². The molecule has 0 spiro atoms. The van der Waals surface area contributed by atoms with E-state index >= 15 is 0 Å². The topological polar surface area (TPSA) is 60.4 Å². The Bertz CT molecular complexity index is 355. The molecule has 1 saturated carbocycles. The van der Waals surface area contributed by atoms with Crippen LogP contribution in [0.1, 0.15) is 39.5 Å². The van der Waals surface area contributed by atoms with Crippen LogP contribution in [0.4, 0.5) is 0 Å². The number of rotatable bonds is 5. The van der Waals surface area contributed by atoms with Gasteiger partial charge in [0.15, 0.2) is 9.84 Å². The molecule has 4 nitrogen and oxygen atoms in total. The Morgan fingerprint density at radius 1 is 1.29 bits per heavy atom. The summed E-state index contributed by atoms with van der Waals surface area (Å²) in [4.78, 5) is 11.4. The molecule has 0 bridgehead atoms. The maximum atomic E-state index is 12.1. The predicted octanol–water partition coefficient (Wildman–Crippen LogP) is 1.79. The number of carbonyl (C=O) groups excluding carboxylic acids is 1. The molecular weight excluding hydrogens is 240 g/mol. The van der Waals surface area contributed by atoms with Gasteiger partial charge >= 0.3 is 5.97 Å². The van der Waals surface area contributed by atoms with E-state index in [-0.39, 0.29) is 11.7 Å². The van der Waals surface area contributed by atoms with E-state index in [1.54, 1.807) is 13.8 Å². The molecule has 0 amide bonds. The fourth-order valence-corrected chi connectivity index (χ4v) is 4.37. The molecule has 100 valence electrons. The normalized spacial score (nSPS) is 21.1. The maximum Gasteiger partial charge on any atom is 0.309 e. The summed E-state index contributed by atoms with van der Waals surface area (Å²) in [7, 11) is -1.91. The van der Waals surface area contributed by atoms with Crippen molar-refractivity contribution >= 4 is 15.8 Å². The van der Waals surface area contributed by atoms with Gasteiger partial charge in [-0.15, -0.1) is 0 Å². The first-order valence-electron chi connectivity index (χ1n) is 6.18. The van der Waals surface area contributed by atoms with Crippen LogP contribution in [0.15, 0.2) is 0 Å². The Labute approximate surface area is 104 Å². The van der Waals surface area contributed by atoms with Crippen LogP contribution in [0.3, 0.4) is 0 Å². The highest BCUT2D eigenvalue weighted by atomic mass is 32.2. The van der Waals surface area contributed by atoms with Gasteiger partial charge in [0.25, 0.3) is 0 Å². The van der Waals surface area contributed by atoms with Crippen LogP contribution in [0.5, 0.6) is 0 Å². The minimum atomic E-state index is -3.20. The van der Waals surface area contributed by atoms with Crippen molar-refractivity contribution in [3.05, 3.63) is 0 Å². The van der Waals surface area contributed by atoms with Crippen LogP contribution in [0, 0.1) is 11.8 Å². The van der Waals surface area contributed by atoms with Crippen LogP contribution in [0.2, 0.25) is 0 Å². The first-order chi connectivity index (χ1) is 7.88. The first kappa shape index (κ1) is 14.5. The molecule has 0 aliphatic heterocycles. The lowest BCUT2D eigenvalue weighted by atomic mass is 10.1. The molecule has 1 fully saturated rings. The third-order valence-corrected chi connectivity index (χ3v) is 6.26. The molecule has 1 aliphatic rings. The Morgan fingerprint density at radius 2 is 1.82 bits per heavy atom. The minimum absolute atomic E-state index is 0.218. The zero-order chi connectivity index (χ0) is 13.1. The van der Waals surface area contributed by atoms with Gasteiger partial charge < -0.3 is 4.74 Å². The molecule has 0 saturated heterocycles. The van der Waals surface area contributed by atoms with Gasteiger partial charge in [-0.05, 0) is 25.7 Å². The highest BCUT2D eigenvalue weighted by molar-refractivity contribution is 7.92. The van der Waals surface area contributed by atoms with E-state index in [4.69, 9.17) is 0 Å². The van der Waals surface area contributed by atoms with Gasteiger partial charge in [0, 0.05) is 0 Å². The molecule has 2 atom stereocenters. The Hall–Kier alpha value is -0.580. The number of sulfone groups is 1. The summed E-state index contributed by atoms with van der Waals surface area (Å²) >= 11 is 0. The van der Waals surface area contributed by atoms with Gasteiger partial charge in [-0.3, -0.25) is 4.79 Å². The quantitative estimate of drug-likeness (QED) is 0.709. The van der Waals surface area contributed by atoms with E-state index in [2.05, 4.69) is 4.74 Å². The molecule has 1 aliphatic carbocycles. The SMILES string of the molecule is COC(=O)C(C)C(C)S(=O)(=O)CC1CCCC1. The second-order valence-electron chi connectivity index (χ2n) is 5.00. The van der Waals surface area contributed by atoms with Crippen molar-refractivity contribution in [1.82, 2.24) is 0 Å². The maximum absolute atomic E-state index is 12.1. The van der Waals surface area contributed by atoms with Crippen LogP contribution < -0.4 is 0 Å². The van der Waals surface area contributed by atoms with Crippen LogP contribution >= 0.6 is 0 Å². The smallest absolute Gasteiger partial charge is 0.309 e. The number of esters is 1. The van der Waals surface area contributed by atoms with Crippen molar-refractivity contribution in [2.24, 2.45) is 11.8 Å². The van der Waals surface area contributed by atoms with Gasteiger partial charge in [0.2, 0.25) is 0 Å². The molecule has 0 heterocycles. The molecule has 0 aromatic rings. The van der Waals surface area contributed by atoms with Crippen molar-refractivity contribution in [1.29, 1.82) is 0 Å². The van der Waals surface area contributed by atoms with Gasteiger partial charge in [-0.25, -0.2) is 8.42 Å². The highest BCUT2D eigenvalue weighted by Crippen LogP contribution is 2.28. The second-order valence-corrected chi connectivity index (χ2v) is 7.40. The molecule has 2 unspecified atom stereocenters. The van der Waals surface area contributed by atoms with Crippen LogP contribution in [0.25, 0.3) is 0 Å². The molecule has 0 N–H and O–H groups in total. The lowest BCUT2D eigenvalue weighted by Crippen LogP contribution is -2.34. The fourth-order valence-electron chi connectivity index (χ4n) is 2.35. The number of hydrogen-bond donors (Lipinski definition) is 0. The molecular formula is C12H22O4S. The van der Waals surface area contributed by atoms with Gasteiger partial charge in [0.05, 0.1) is 24.0 Å². The lowest BCUT2D eigenvalue weighted by molar-refractivity contribution is -0.144. The van der Waals surface area contributed by atoms with Crippen molar-refractivity contribution in [3.8, 4) is 0 Å². The van der Waals surface area contributed by atoms with Crippen LogP contribution in [-0.2, 0) is 19.4 Å². The summed E-state index contributed by atoms with van der Waals surface area (Å²) < 4.78 is 28.9. The first-order valence-corrected chi connectivity index (χ1v) is 7.89. The molecule has 0 radical (unpaired) electrons. The summed E-state index contributed by atoms with van der Waals surface area (Å²) in [6.07, 6.45) is 4.25. The minimum Gasteiger partial charge on any atom is -0.469 e. The third kappa shape index (κ3) is 3.69. The summed E-state index contributed by atoms with van der Waals surface area (Å²) in [6.45, 7) is 3.22. The van der Waals surface area contributed by atoms with E-state index in [1.165, 1.54) is 7.11 Å². The number of hydrogen-bond acceptors (Lipinski definition) is 4. The predicted molar refractivity (Wildman–Crippen MR) is 66.4 cm³/mol. The fraction of sp³-hybridized carbons (Fsp3) is 0.917. The van der Waals surface area contributed by atoms with Crippen molar-refractivity contribution in [3.63, 3.8) is 0 Å². The third-order valence-electron chi connectivity index (χ3n) is 3.79. The van der Waals surface area contributed by atoms with Gasteiger partial charge in [-0.2, -0.15) is 0 Å². The number of ether oxygens (including phenoxy) is 1. The average molecular weight is 262 g/mol. The summed E-state index contributed by atoms with van der Waals surface area (Å²) in [6, 6.07) is 0. The molecule has 0 aromatic heterocycles. The van der Waals surface area contributed by atoms with E-state index in [1.807, 2.05) is 0 Å². The van der Waals surface area contributed by atoms with Gasteiger partial charge in [-0.1, -0.05) is 19.8 Å². The zero-order valence-corrected chi connectivity index (χ0v) is 11.6. The van der Waals surface area contributed by atoms with Crippen molar-refractivity contribution in [2.45, 2.75) is 44.8 Å². The second kappa shape index (κ2) is 5.85.